The van der Waals surface area contributed by atoms with Crippen LogP contribution in [0.1, 0.15) is 43.0 Å². The fraction of sp³-hybridized carbons (Fsp3) is 0.438. The molecule has 1 amide bonds. The lowest BCUT2D eigenvalue weighted by Crippen LogP contribution is -2.20. The minimum Gasteiger partial charge on any atom is -0.484 e. The highest BCUT2D eigenvalue weighted by Gasteiger charge is 2.20. The molecule has 1 aromatic heterocycles. The van der Waals surface area contributed by atoms with Crippen molar-refractivity contribution in [3.8, 4) is 5.75 Å². The monoisotopic (exact) mass is 317 g/mol. The molecule has 0 aliphatic heterocycles. The highest BCUT2D eigenvalue weighted by Crippen LogP contribution is 2.35. The second-order valence-electron chi connectivity index (χ2n) is 5.43. The van der Waals surface area contributed by atoms with E-state index in [0.717, 1.165) is 5.01 Å². The Morgan fingerprint density at radius 1 is 1.18 bits per heavy atom. The number of aromatic nitrogens is 2. The first-order valence-electron chi connectivity index (χ1n) is 7.62. The number of nitrogens with zero attached hydrogens (tertiary/aromatic N) is 2. The van der Waals surface area contributed by atoms with Crippen molar-refractivity contribution < 1.29 is 9.53 Å². The summed E-state index contributed by atoms with van der Waals surface area (Å²) in [6.45, 7) is -0.0254. The smallest absolute Gasteiger partial charge is 0.264 e. The van der Waals surface area contributed by atoms with Gasteiger partial charge >= 0.3 is 0 Å². The Bertz CT molecular complexity index is 609. The number of benzene rings is 1. The summed E-state index contributed by atoms with van der Waals surface area (Å²) in [4.78, 5) is 11.9. The van der Waals surface area contributed by atoms with E-state index in [1.165, 1.54) is 43.4 Å². The number of hydrogen-bond acceptors (Lipinski definition) is 5. The topological polar surface area (TPSA) is 64.1 Å². The molecule has 1 saturated carbocycles. The van der Waals surface area contributed by atoms with Gasteiger partial charge in [0.25, 0.3) is 5.91 Å². The van der Waals surface area contributed by atoms with Crippen molar-refractivity contribution in [1.82, 2.24) is 10.2 Å². The second-order valence-corrected chi connectivity index (χ2v) is 6.44. The number of amides is 1. The van der Waals surface area contributed by atoms with Gasteiger partial charge in [-0.3, -0.25) is 10.1 Å². The van der Waals surface area contributed by atoms with Crippen LogP contribution >= 0.6 is 11.3 Å². The maximum absolute atomic E-state index is 11.9. The van der Waals surface area contributed by atoms with Crippen LogP contribution in [-0.4, -0.2) is 22.7 Å². The summed E-state index contributed by atoms with van der Waals surface area (Å²) in [7, 11) is 0. The molecule has 1 aromatic carbocycles. The van der Waals surface area contributed by atoms with Gasteiger partial charge in [0.15, 0.2) is 6.61 Å². The van der Waals surface area contributed by atoms with Crippen LogP contribution < -0.4 is 10.1 Å². The van der Waals surface area contributed by atoms with Gasteiger partial charge in [-0.05, 0) is 25.0 Å². The van der Waals surface area contributed by atoms with Gasteiger partial charge in [0.2, 0.25) is 5.13 Å². The zero-order valence-electron chi connectivity index (χ0n) is 12.3. The zero-order chi connectivity index (χ0) is 15.2. The van der Waals surface area contributed by atoms with Gasteiger partial charge in [0, 0.05) is 5.92 Å². The van der Waals surface area contributed by atoms with Crippen LogP contribution in [-0.2, 0) is 4.79 Å². The first kappa shape index (κ1) is 15.0. The van der Waals surface area contributed by atoms with E-state index < -0.39 is 0 Å². The van der Waals surface area contributed by atoms with E-state index in [2.05, 4.69) is 15.5 Å². The molecule has 0 saturated heterocycles. The van der Waals surface area contributed by atoms with Crippen LogP contribution in [0.2, 0.25) is 0 Å². The summed E-state index contributed by atoms with van der Waals surface area (Å²) in [5.41, 5.74) is 0. The number of hydrogen-bond donors (Lipinski definition) is 1. The van der Waals surface area contributed by atoms with Crippen LogP contribution in [0.3, 0.4) is 0 Å². The quantitative estimate of drug-likeness (QED) is 0.915. The normalized spacial score (nSPS) is 15.5. The number of rotatable bonds is 5. The van der Waals surface area contributed by atoms with Gasteiger partial charge < -0.3 is 4.74 Å². The number of carbonyl (C=O) groups is 1. The van der Waals surface area contributed by atoms with Crippen LogP contribution in [0.25, 0.3) is 0 Å². The van der Waals surface area contributed by atoms with Gasteiger partial charge in [-0.2, -0.15) is 0 Å². The number of nitrogens with one attached hydrogen (secondary N) is 1. The summed E-state index contributed by atoms with van der Waals surface area (Å²) in [5.74, 6) is 0.977. The fourth-order valence-electron chi connectivity index (χ4n) is 2.62. The van der Waals surface area contributed by atoms with E-state index in [0.29, 0.717) is 16.8 Å². The second kappa shape index (κ2) is 7.35. The third kappa shape index (κ3) is 4.04. The summed E-state index contributed by atoms with van der Waals surface area (Å²) in [5, 5.41) is 12.6. The van der Waals surface area contributed by atoms with Gasteiger partial charge in [-0.1, -0.05) is 48.8 Å². The standard InChI is InChI=1S/C16H19N3O2S/c20-14(11-21-13-9-5-2-6-10-13)17-16-19-18-15(22-16)12-7-3-1-4-8-12/h2,5-6,9-10,12H,1,3-4,7-8,11H2,(H,17,19,20). The Balaban J connectivity index is 1.50. The van der Waals surface area contributed by atoms with Gasteiger partial charge in [-0.15, -0.1) is 10.2 Å². The molecule has 0 atom stereocenters. The predicted molar refractivity (Wildman–Crippen MR) is 86.3 cm³/mol. The Kier molecular flexibility index (Phi) is 5.00. The maximum Gasteiger partial charge on any atom is 0.264 e. The van der Waals surface area contributed by atoms with Crippen molar-refractivity contribution in [1.29, 1.82) is 0 Å². The van der Waals surface area contributed by atoms with Crippen LogP contribution in [0, 0.1) is 0 Å². The van der Waals surface area contributed by atoms with Crippen molar-refractivity contribution in [2.75, 3.05) is 11.9 Å². The summed E-state index contributed by atoms with van der Waals surface area (Å²) >= 11 is 1.48. The number of anilines is 1. The maximum atomic E-state index is 11.9. The Hall–Kier alpha value is -1.95. The SMILES string of the molecule is O=C(COc1ccccc1)Nc1nnc(C2CCCCC2)s1. The molecule has 1 aliphatic carbocycles. The van der Waals surface area contributed by atoms with E-state index in [4.69, 9.17) is 4.74 Å². The third-order valence-electron chi connectivity index (χ3n) is 3.75. The number of para-hydroxylation sites is 1. The van der Waals surface area contributed by atoms with Crippen LogP contribution in [0.5, 0.6) is 5.75 Å². The van der Waals surface area contributed by atoms with E-state index in [1.807, 2.05) is 30.3 Å². The van der Waals surface area contributed by atoms with Crippen molar-refractivity contribution in [3.63, 3.8) is 0 Å². The predicted octanol–water partition coefficient (Wildman–Crippen LogP) is 3.60. The molecule has 2 aromatic rings. The highest BCUT2D eigenvalue weighted by atomic mass is 32.1. The molecule has 1 aliphatic rings. The van der Waals surface area contributed by atoms with E-state index in [9.17, 15) is 4.79 Å². The molecule has 0 radical (unpaired) electrons. The average molecular weight is 317 g/mol. The number of ether oxygens (including phenoxy) is 1. The van der Waals surface area contributed by atoms with Gasteiger partial charge in [0.1, 0.15) is 10.8 Å². The third-order valence-corrected chi connectivity index (χ3v) is 4.76. The summed E-state index contributed by atoms with van der Waals surface area (Å²) < 4.78 is 5.41. The molecule has 1 fully saturated rings. The molecule has 1 N–H and O–H groups in total. The average Bonchev–Trinajstić information content (AvgIpc) is 3.03. The van der Waals surface area contributed by atoms with Crippen molar-refractivity contribution >= 4 is 22.4 Å². The van der Waals surface area contributed by atoms with Gasteiger partial charge in [-0.25, -0.2) is 0 Å². The largest absolute Gasteiger partial charge is 0.484 e. The fourth-order valence-corrected chi connectivity index (χ4v) is 3.55. The Morgan fingerprint density at radius 2 is 1.95 bits per heavy atom. The molecule has 1 heterocycles. The van der Waals surface area contributed by atoms with Crippen LogP contribution in [0.15, 0.2) is 30.3 Å². The van der Waals surface area contributed by atoms with E-state index in [-0.39, 0.29) is 12.5 Å². The number of carbonyl (C=O) groups excluding carboxylic acids is 1. The molecular weight excluding hydrogens is 298 g/mol. The molecule has 0 spiro atoms. The molecule has 3 rings (SSSR count). The molecule has 5 nitrogen and oxygen atoms in total. The summed E-state index contributed by atoms with van der Waals surface area (Å²) in [6.07, 6.45) is 6.20. The lowest BCUT2D eigenvalue weighted by molar-refractivity contribution is -0.118. The molecule has 22 heavy (non-hydrogen) atoms. The van der Waals surface area contributed by atoms with E-state index >= 15 is 0 Å². The molecule has 0 bridgehead atoms. The molecule has 0 unspecified atom stereocenters. The van der Waals surface area contributed by atoms with Crippen molar-refractivity contribution in [3.05, 3.63) is 35.3 Å². The van der Waals surface area contributed by atoms with E-state index in [1.54, 1.807) is 0 Å². The Labute approximate surface area is 133 Å². The minimum atomic E-state index is -0.213. The molecule has 6 heteroatoms. The highest BCUT2D eigenvalue weighted by molar-refractivity contribution is 7.15. The summed E-state index contributed by atoms with van der Waals surface area (Å²) in [6, 6.07) is 9.28. The lowest BCUT2D eigenvalue weighted by Gasteiger charge is -2.18. The minimum absolute atomic E-state index is 0.0254. The Morgan fingerprint density at radius 3 is 2.73 bits per heavy atom. The molecule has 116 valence electrons. The first-order chi connectivity index (χ1) is 10.8. The lowest BCUT2D eigenvalue weighted by atomic mass is 9.90. The molecular formula is C16H19N3O2S. The van der Waals surface area contributed by atoms with Crippen molar-refractivity contribution in [2.45, 2.75) is 38.0 Å². The van der Waals surface area contributed by atoms with Crippen molar-refractivity contribution in [2.24, 2.45) is 0 Å². The van der Waals surface area contributed by atoms with Crippen LogP contribution in [0.4, 0.5) is 5.13 Å². The first-order valence-corrected chi connectivity index (χ1v) is 8.44. The van der Waals surface area contributed by atoms with Gasteiger partial charge in [0.05, 0.1) is 0 Å². The zero-order valence-corrected chi connectivity index (χ0v) is 13.1.